The molecule has 0 spiro atoms. The van der Waals surface area contributed by atoms with Crippen LogP contribution in [0, 0.1) is 5.41 Å². The highest BCUT2D eigenvalue weighted by molar-refractivity contribution is 5.76. The number of ether oxygens (including phenoxy) is 2. The Hall–Kier alpha value is -1.77. The van der Waals surface area contributed by atoms with E-state index in [1.807, 2.05) is 45.0 Å². The lowest BCUT2D eigenvalue weighted by Gasteiger charge is -2.13. The number of esters is 1. The van der Waals surface area contributed by atoms with E-state index in [4.69, 9.17) is 9.47 Å². The number of carbonyl (C=O) groups is 1. The van der Waals surface area contributed by atoms with E-state index in [2.05, 4.69) is 0 Å². The van der Waals surface area contributed by atoms with Crippen molar-refractivity contribution >= 4 is 12.0 Å². The van der Waals surface area contributed by atoms with Crippen LogP contribution in [-0.4, -0.2) is 13.1 Å². The van der Waals surface area contributed by atoms with Gasteiger partial charge in [-0.2, -0.15) is 0 Å². The first-order chi connectivity index (χ1) is 7.93. The van der Waals surface area contributed by atoms with E-state index in [0.717, 1.165) is 11.3 Å². The Morgan fingerprint density at radius 2 is 1.76 bits per heavy atom. The molecule has 0 unspecified atom stereocenters. The van der Waals surface area contributed by atoms with Crippen molar-refractivity contribution in [3.05, 3.63) is 36.1 Å². The van der Waals surface area contributed by atoms with E-state index in [1.165, 1.54) is 6.26 Å². The minimum atomic E-state index is -0.482. The van der Waals surface area contributed by atoms with Crippen LogP contribution in [0.25, 0.3) is 6.08 Å². The molecule has 1 rings (SSSR count). The second kappa shape index (κ2) is 5.53. The summed E-state index contributed by atoms with van der Waals surface area (Å²) in [6, 6.07) is 7.48. The maximum atomic E-state index is 11.5. The van der Waals surface area contributed by atoms with Gasteiger partial charge in [-0.05, 0) is 44.5 Å². The van der Waals surface area contributed by atoms with Crippen molar-refractivity contribution in [1.29, 1.82) is 0 Å². The van der Waals surface area contributed by atoms with Gasteiger partial charge in [-0.3, -0.25) is 4.79 Å². The van der Waals surface area contributed by atoms with E-state index >= 15 is 0 Å². The van der Waals surface area contributed by atoms with Crippen molar-refractivity contribution < 1.29 is 14.3 Å². The van der Waals surface area contributed by atoms with Gasteiger partial charge in [-0.25, -0.2) is 0 Å². The van der Waals surface area contributed by atoms with Gasteiger partial charge in [0.1, 0.15) is 5.75 Å². The van der Waals surface area contributed by atoms with Crippen molar-refractivity contribution in [1.82, 2.24) is 0 Å². The average molecular weight is 234 g/mol. The van der Waals surface area contributed by atoms with Crippen LogP contribution < -0.4 is 4.74 Å². The van der Waals surface area contributed by atoms with Crippen LogP contribution in [0.1, 0.15) is 26.3 Å². The van der Waals surface area contributed by atoms with Gasteiger partial charge in [0.2, 0.25) is 0 Å². The van der Waals surface area contributed by atoms with Gasteiger partial charge in [0, 0.05) is 0 Å². The lowest BCUT2D eigenvalue weighted by atomic mass is 9.97. The molecule has 0 aromatic heterocycles. The fourth-order valence-corrected chi connectivity index (χ4v) is 1.07. The molecule has 0 radical (unpaired) electrons. The molecule has 92 valence electrons. The Morgan fingerprint density at radius 3 is 2.24 bits per heavy atom. The van der Waals surface area contributed by atoms with Crippen LogP contribution in [0.15, 0.2) is 30.5 Å². The molecule has 0 aliphatic carbocycles. The van der Waals surface area contributed by atoms with E-state index < -0.39 is 5.41 Å². The summed E-state index contributed by atoms with van der Waals surface area (Å²) in [6.45, 7) is 5.45. The number of methoxy groups -OCH3 is 1. The van der Waals surface area contributed by atoms with Crippen molar-refractivity contribution in [2.75, 3.05) is 7.11 Å². The second-order valence-electron chi connectivity index (χ2n) is 4.73. The minimum absolute atomic E-state index is 0.248. The van der Waals surface area contributed by atoms with Crippen LogP contribution >= 0.6 is 0 Å². The largest absolute Gasteiger partial charge is 0.497 e. The monoisotopic (exact) mass is 234 g/mol. The van der Waals surface area contributed by atoms with E-state index in [-0.39, 0.29) is 5.97 Å². The smallest absolute Gasteiger partial charge is 0.316 e. The SMILES string of the molecule is COc1ccc(/C=C/OC(=O)C(C)(C)C)cc1. The molecule has 0 saturated heterocycles. The third-order valence-electron chi connectivity index (χ3n) is 2.16. The summed E-state index contributed by atoms with van der Waals surface area (Å²) in [5.41, 5.74) is 0.470. The first kappa shape index (κ1) is 13.3. The highest BCUT2D eigenvalue weighted by Crippen LogP contribution is 2.16. The second-order valence-corrected chi connectivity index (χ2v) is 4.73. The molecule has 1 aromatic carbocycles. The molecular formula is C14H18O3. The van der Waals surface area contributed by atoms with Crippen LogP contribution in [0.5, 0.6) is 5.75 Å². The Balaban J connectivity index is 2.56. The number of hydrogen-bond acceptors (Lipinski definition) is 3. The molecule has 0 aliphatic rings. The Labute approximate surface area is 102 Å². The first-order valence-electron chi connectivity index (χ1n) is 5.45. The quantitative estimate of drug-likeness (QED) is 0.595. The van der Waals surface area contributed by atoms with Gasteiger partial charge < -0.3 is 9.47 Å². The Morgan fingerprint density at radius 1 is 1.18 bits per heavy atom. The van der Waals surface area contributed by atoms with Gasteiger partial charge in [0.05, 0.1) is 18.8 Å². The molecule has 0 heterocycles. The van der Waals surface area contributed by atoms with Crippen molar-refractivity contribution in [2.24, 2.45) is 5.41 Å². The maximum Gasteiger partial charge on any atom is 0.316 e. The average Bonchev–Trinajstić information content (AvgIpc) is 2.28. The minimum Gasteiger partial charge on any atom is -0.497 e. The molecule has 0 atom stereocenters. The Bertz CT molecular complexity index is 396. The fraction of sp³-hybridized carbons (Fsp3) is 0.357. The van der Waals surface area contributed by atoms with Crippen LogP contribution in [-0.2, 0) is 9.53 Å². The third kappa shape index (κ3) is 4.31. The molecule has 0 aliphatic heterocycles. The normalized spacial score (nSPS) is 11.5. The van der Waals surface area contributed by atoms with Crippen LogP contribution in [0.3, 0.4) is 0 Å². The molecule has 3 heteroatoms. The summed E-state index contributed by atoms with van der Waals surface area (Å²) < 4.78 is 10.1. The van der Waals surface area contributed by atoms with Gasteiger partial charge in [-0.15, -0.1) is 0 Å². The van der Waals surface area contributed by atoms with Crippen molar-refractivity contribution in [3.8, 4) is 5.75 Å². The number of hydrogen-bond donors (Lipinski definition) is 0. The lowest BCUT2D eigenvalue weighted by molar-refractivity contribution is -0.146. The van der Waals surface area contributed by atoms with Crippen LogP contribution in [0.2, 0.25) is 0 Å². The number of carbonyl (C=O) groups excluding carboxylic acids is 1. The zero-order valence-electron chi connectivity index (χ0n) is 10.7. The zero-order chi connectivity index (χ0) is 12.9. The molecule has 0 amide bonds. The molecule has 1 aromatic rings. The third-order valence-corrected chi connectivity index (χ3v) is 2.16. The first-order valence-corrected chi connectivity index (χ1v) is 5.45. The summed E-state index contributed by atoms with van der Waals surface area (Å²) in [5, 5.41) is 0. The highest BCUT2D eigenvalue weighted by Gasteiger charge is 2.22. The van der Waals surface area contributed by atoms with E-state index in [0.29, 0.717) is 0 Å². The van der Waals surface area contributed by atoms with Gasteiger partial charge in [0.15, 0.2) is 0 Å². The molecule has 0 fully saturated rings. The number of rotatable bonds is 3. The maximum absolute atomic E-state index is 11.5. The molecule has 17 heavy (non-hydrogen) atoms. The molecule has 0 saturated carbocycles. The summed E-state index contributed by atoms with van der Waals surface area (Å²) in [4.78, 5) is 11.5. The lowest BCUT2D eigenvalue weighted by Crippen LogP contribution is -2.20. The summed E-state index contributed by atoms with van der Waals surface area (Å²) >= 11 is 0. The molecule has 0 N–H and O–H groups in total. The molecular weight excluding hydrogens is 216 g/mol. The predicted molar refractivity (Wildman–Crippen MR) is 67.6 cm³/mol. The zero-order valence-corrected chi connectivity index (χ0v) is 10.7. The van der Waals surface area contributed by atoms with Crippen LogP contribution in [0.4, 0.5) is 0 Å². The number of benzene rings is 1. The van der Waals surface area contributed by atoms with Gasteiger partial charge >= 0.3 is 5.97 Å². The summed E-state index contributed by atoms with van der Waals surface area (Å²) in [7, 11) is 1.62. The predicted octanol–water partition coefficient (Wildman–Crippen LogP) is 3.26. The fourth-order valence-electron chi connectivity index (χ4n) is 1.07. The summed E-state index contributed by atoms with van der Waals surface area (Å²) in [6.07, 6.45) is 3.15. The van der Waals surface area contributed by atoms with Gasteiger partial charge in [0.25, 0.3) is 0 Å². The highest BCUT2D eigenvalue weighted by atomic mass is 16.5. The molecule has 3 nitrogen and oxygen atoms in total. The van der Waals surface area contributed by atoms with Crippen molar-refractivity contribution in [3.63, 3.8) is 0 Å². The Kier molecular flexibility index (Phi) is 4.32. The standard InChI is InChI=1S/C14H18O3/c1-14(2,3)13(15)17-10-9-11-5-7-12(16-4)8-6-11/h5-10H,1-4H3/b10-9+. The topological polar surface area (TPSA) is 35.5 Å². The van der Waals surface area contributed by atoms with E-state index in [1.54, 1.807) is 13.2 Å². The molecule has 0 bridgehead atoms. The van der Waals surface area contributed by atoms with Gasteiger partial charge in [-0.1, -0.05) is 12.1 Å². The summed E-state index contributed by atoms with van der Waals surface area (Å²) in [5.74, 6) is 0.552. The van der Waals surface area contributed by atoms with E-state index in [9.17, 15) is 4.79 Å². The van der Waals surface area contributed by atoms with Crippen molar-refractivity contribution in [2.45, 2.75) is 20.8 Å².